The highest BCUT2D eigenvalue weighted by Gasteiger charge is 2.33. The lowest BCUT2D eigenvalue weighted by molar-refractivity contribution is -0.137. The summed E-state index contributed by atoms with van der Waals surface area (Å²) in [7, 11) is 0. The van der Waals surface area contributed by atoms with Gasteiger partial charge in [-0.25, -0.2) is 0 Å². The summed E-state index contributed by atoms with van der Waals surface area (Å²) in [6, 6.07) is 3.38. The molecule has 5 heteroatoms. The SMILES string of the molecule is O=C1c2cc(C(F)(F)F)ccc2CCC1Br. The molecule has 1 aliphatic carbocycles. The van der Waals surface area contributed by atoms with E-state index < -0.39 is 11.7 Å². The Morgan fingerprint density at radius 1 is 1.31 bits per heavy atom. The molecule has 0 spiro atoms. The quantitative estimate of drug-likeness (QED) is 0.668. The van der Waals surface area contributed by atoms with Gasteiger partial charge in [-0.2, -0.15) is 13.2 Å². The van der Waals surface area contributed by atoms with E-state index in [2.05, 4.69) is 15.9 Å². The molecule has 16 heavy (non-hydrogen) atoms. The molecule has 1 atom stereocenters. The van der Waals surface area contributed by atoms with E-state index in [9.17, 15) is 18.0 Å². The second kappa shape index (κ2) is 3.87. The average Bonchev–Trinajstić information content (AvgIpc) is 2.22. The van der Waals surface area contributed by atoms with E-state index in [1.807, 2.05) is 0 Å². The number of halogens is 4. The van der Waals surface area contributed by atoms with Gasteiger partial charge in [0.2, 0.25) is 0 Å². The summed E-state index contributed by atoms with van der Waals surface area (Å²) in [6.45, 7) is 0. The highest BCUT2D eigenvalue weighted by Crippen LogP contribution is 2.33. The van der Waals surface area contributed by atoms with Crippen molar-refractivity contribution in [3.8, 4) is 0 Å². The molecule has 0 radical (unpaired) electrons. The molecule has 0 bridgehead atoms. The summed E-state index contributed by atoms with van der Waals surface area (Å²) in [5, 5.41) is 0. The smallest absolute Gasteiger partial charge is 0.293 e. The lowest BCUT2D eigenvalue weighted by atomic mass is 9.89. The number of carbonyl (C=O) groups excluding carboxylic acids is 1. The number of carbonyl (C=O) groups is 1. The van der Waals surface area contributed by atoms with Crippen LogP contribution in [0, 0.1) is 0 Å². The minimum atomic E-state index is -4.39. The van der Waals surface area contributed by atoms with E-state index in [1.165, 1.54) is 6.07 Å². The van der Waals surface area contributed by atoms with E-state index in [-0.39, 0.29) is 16.2 Å². The fourth-order valence-corrected chi connectivity index (χ4v) is 2.26. The standard InChI is InChI=1S/C11H8BrF3O/c12-9-4-2-6-1-3-7(11(13,14)15)5-8(6)10(9)16/h1,3,5,9H,2,4H2. The molecule has 0 saturated carbocycles. The Bertz CT molecular complexity index is 439. The van der Waals surface area contributed by atoms with Crippen molar-refractivity contribution in [3.05, 3.63) is 34.9 Å². The first kappa shape index (κ1) is 11.6. The Morgan fingerprint density at radius 2 is 2.00 bits per heavy atom. The summed E-state index contributed by atoms with van der Waals surface area (Å²) >= 11 is 3.17. The van der Waals surface area contributed by atoms with E-state index in [0.29, 0.717) is 18.4 Å². The molecule has 0 N–H and O–H groups in total. The first-order chi connectivity index (χ1) is 7.39. The Labute approximate surface area is 98.8 Å². The predicted octanol–water partition coefficient (Wildman–Crippen LogP) is 3.60. The lowest BCUT2D eigenvalue weighted by Gasteiger charge is -2.20. The third kappa shape index (κ3) is 2.00. The Balaban J connectivity index is 2.49. The third-order valence-corrected chi connectivity index (χ3v) is 3.53. The molecule has 1 aromatic carbocycles. The molecular weight excluding hydrogens is 285 g/mol. The van der Waals surface area contributed by atoms with Crippen LogP contribution in [0.5, 0.6) is 0 Å². The molecule has 1 nitrogen and oxygen atoms in total. The number of benzene rings is 1. The highest BCUT2D eigenvalue weighted by molar-refractivity contribution is 9.10. The van der Waals surface area contributed by atoms with Gasteiger partial charge in [-0.3, -0.25) is 4.79 Å². The van der Waals surface area contributed by atoms with Crippen LogP contribution >= 0.6 is 15.9 Å². The Kier molecular flexibility index (Phi) is 2.82. The summed E-state index contributed by atoms with van der Waals surface area (Å²) in [4.78, 5) is 11.3. The van der Waals surface area contributed by atoms with Crippen molar-refractivity contribution in [2.24, 2.45) is 0 Å². The fraction of sp³-hybridized carbons (Fsp3) is 0.364. The van der Waals surface area contributed by atoms with Crippen LogP contribution < -0.4 is 0 Å². The lowest BCUT2D eigenvalue weighted by Crippen LogP contribution is -2.23. The molecule has 0 aromatic heterocycles. The number of hydrogen-bond acceptors (Lipinski definition) is 1. The molecule has 0 heterocycles. The molecule has 1 unspecified atom stereocenters. The van der Waals surface area contributed by atoms with Crippen LogP contribution in [0.1, 0.15) is 27.9 Å². The van der Waals surface area contributed by atoms with E-state index in [1.54, 1.807) is 0 Å². The molecular formula is C11H8BrF3O. The number of hydrogen-bond donors (Lipinski definition) is 0. The van der Waals surface area contributed by atoms with Gasteiger partial charge in [0.1, 0.15) is 0 Å². The third-order valence-electron chi connectivity index (χ3n) is 2.65. The van der Waals surface area contributed by atoms with Crippen molar-refractivity contribution in [2.45, 2.75) is 23.8 Å². The zero-order valence-corrected chi connectivity index (χ0v) is 9.73. The molecule has 86 valence electrons. The summed E-state index contributed by atoms with van der Waals surface area (Å²) in [5.74, 6) is -0.257. The van der Waals surface area contributed by atoms with Gasteiger partial charge in [-0.05, 0) is 30.5 Å². The zero-order chi connectivity index (χ0) is 11.9. The number of fused-ring (bicyclic) bond motifs is 1. The van der Waals surface area contributed by atoms with Crippen LogP contribution in [0.3, 0.4) is 0 Å². The van der Waals surface area contributed by atoms with Gasteiger partial charge in [0.05, 0.1) is 10.4 Å². The minimum Gasteiger partial charge on any atom is -0.293 e. The second-order valence-corrected chi connectivity index (χ2v) is 4.85. The Hall–Kier alpha value is -0.840. The van der Waals surface area contributed by atoms with Crippen LogP contribution in [0.25, 0.3) is 0 Å². The van der Waals surface area contributed by atoms with Crippen LogP contribution in [0.15, 0.2) is 18.2 Å². The van der Waals surface area contributed by atoms with Crippen LogP contribution in [-0.4, -0.2) is 10.6 Å². The summed E-state index contributed by atoms with van der Waals surface area (Å²) in [5.41, 5.74) is 0.137. The van der Waals surface area contributed by atoms with Crippen molar-refractivity contribution < 1.29 is 18.0 Å². The van der Waals surface area contributed by atoms with Gasteiger partial charge >= 0.3 is 6.18 Å². The van der Waals surface area contributed by atoms with Gasteiger partial charge in [-0.1, -0.05) is 22.0 Å². The maximum absolute atomic E-state index is 12.5. The van der Waals surface area contributed by atoms with Crippen molar-refractivity contribution in [1.29, 1.82) is 0 Å². The van der Waals surface area contributed by atoms with Gasteiger partial charge in [-0.15, -0.1) is 0 Å². The van der Waals surface area contributed by atoms with Crippen molar-refractivity contribution in [2.75, 3.05) is 0 Å². The van der Waals surface area contributed by atoms with Crippen LogP contribution in [-0.2, 0) is 12.6 Å². The van der Waals surface area contributed by atoms with Crippen LogP contribution in [0.4, 0.5) is 13.2 Å². The van der Waals surface area contributed by atoms with Gasteiger partial charge in [0.15, 0.2) is 5.78 Å². The van der Waals surface area contributed by atoms with Gasteiger partial charge in [0.25, 0.3) is 0 Å². The van der Waals surface area contributed by atoms with Crippen molar-refractivity contribution in [1.82, 2.24) is 0 Å². The second-order valence-electron chi connectivity index (χ2n) is 3.74. The number of Topliss-reactive ketones (excluding diaryl/α,β-unsaturated/α-hetero) is 1. The van der Waals surface area contributed by atoms with Gasteiger partial charge in [0, 0.05) is 5.56 Å². The number of rotatable bonds is 0. The maximum atomic E-state index is 12.5. The molecule has 0 saturated heterocycles. The van der Waals surface area contributed by atoms with E-state index in [4.69, 9.17) is 0 Å². The largest absolute Gasteiger partial charge is 0.416 e. The van der Waals surface area contributed by atoms with Crippen molar-refractivity contribution in [3.63, 3.8) is 0 Å². The topological polar surface area (TPSA) is 17.1 Å². The zero-order valence-electron chi connectivity index (χ0n) is 8.14. The molecule has 0 aliphatic heterocycles. The first-order valence-corrected chi connectivity index (χ1v) is 5.69. The normalized spacial score (nSPS) is 20.8. The molecule has 1 aromatic rings. The highest BCUT2D eigenvalue weighted by atomic mass is 79.9. The minimum absolute atomic E-state index is 0.197. The molecule has 0 amide bonds. The fourth-order valence-electron chi connectivity index (χ4n) is 1.78. The predicted molar refractivity (Wildman–Crippen MR) is 56.8 cm³/mol. The summed E-state index contributed by atoms with van der Waals surface area (Å²) < 4.78 is 37.4. The van der Waals surface area contributed by atoms with E-state index >= 15 is 0 Å². The van der Waals surface area contributed by atoms with Crippen molar-refractivity contribution >= 4 is 21.7 Å². The number of alkyl halides is 4. The first-order valence-electron chi connectivity index (χ1n) is 4.78. The van der Waals surface area contributed by atoms with Crippen LogP contribution in [0.2, 0.25) is 0 Å². The van der Waals surface area contributed by atoms with Gasteiger partial charge < -0.3 is 0 Å². The maximum Gasteiger partial charge on any atom is 0.416 e. The molecule has 0 fully saturated rings. The molecule has 2 rings (SSSR count). The number of aryl methyl sites for hydroxylation is 1. The summed E-state index contributed by atoms with van der Waals surface area (Å²) in [6.07, 6.45) is -3.12. The monoisotopic (exact) mass is 292 g/mol. The number of ketones is 1. The van der Waals surface area contributed by atoms with E-state index in [0.717, 1.165) is 12.1 Å². The molecule has 1 aliphatic rings. The Morgan fingerprint density at radius 3 is 2.62 bits per heavy atom. The average molecular weight is 293 g/mol.